The van der Waals surface area contributed by atoms with Crippen LogP contribution in [0.25, 0.3) is 0 Å². The molecule has 5 heteroatoms. The van der Waals surface area contributed by atoms with Gasteiger partial charge in [-0.25, -0.2) is 0 Å². The molecular formula is C16H22BrClN2O. The molecule has 1 saturated heterocycles. The predicted molar refractivity (Wildman–Crippen MR) is 90.7 cm³/mol. The summed E-state index contributed by atoms with van der Waals surface area (Å²) < 4.78 is 1.08. The van der Waals surface area contributed by atoms with Crippen molar-refractivity contribution in [2.45, 2.75) is 50.1 Å². The van der Waals surface area contributed by atoms with Gasteiger partial charge in [-0.1, -0.05) is 28.1 Å². The standard InChI is InChI=1S/C16H21BrN2O.ClH/c17-13-5-1-4-12(10-13)16(7-3-8-16)19-15(20)11-14-6-2-9-18-14;/h1,4-5,10,14,18H,2-3,6-9,11H2,(H,19,20);1H. The Kier molecular flexibility index (Phi) is 5.69. The van der Waals surface area contributed by atoms with E-state index in [-0.39, 0.29) is 23.9 Å². The first-order chi connectivity index (χ1) is 9.68. The van der Waals surface area contributed by atoms with Crippen molar-refractivity contribution in [1.82, 2.24) is 10.6 Å². The Balaban J connectivity index is 0.00000161. The summed E-state index contributed by atoms with van der Waals surface area (Å²) in [5.74, 6) is 0.184. The van der Waals surface area contributed by atoms with Crippen LogP contribution in [0.5, 0.6) is 0 Å². The van der Waals surface area contributed by atoms with E-state index in [4.69, 9.17) is 0 Å². The number of hydrogen-bond acceptors (Lipinski definition) is 2. The lowest BCUT2D eigenvalue weighted by Crippen LogP contribution is -2.51. The number of nitrogens with one attached hydrogen (secondary N) is 2. The van der Waals surface area contributed by atoms with Crippen LogP contribution < -0.4 is 10.6 Å². The maximum Gasteiger partial charge on any atom is 0.222 e. The Bertz CT molecular complexity index is 499. The number of carbonyl (C=O) groups is 1. The van der Waals surface area contributed by atoms with Crippen molar-refractivity contribution in [2.75, 3.05) is 6.54 Å². The van der Waals surface area contributed by atoms with E-state index in [9.17, 15) is 4.79 Å². The molecule has 3 nitrogen and oxygen atoms in total. The molecule has 1 heterocycles. The maximum atomic E-state index is 12.3. The summed E-state index contributed by atoms with van der Waals surface area (Å²) in [7, 11) is 0. The van der Waals surface area contributed by atoms with Gasteiger partial charge in [-0.3, -0.25) is 4.79 Å². The van der Waals surface area contributed by atoms with E-state index < -0.39 is 0 Å². The van der Waals surface area contributed by atoms with E-state index in [1.165, 1.54) is 18.4 Å². The van der Waals surface area contributed by atoms with Gasteiger partial charge in [0.1, 0.15) is 0 Å². The van der Waals surface area contributed by atoms with Crippen molar-refractivity contribution >= 4 is 34.2 Å². The molecule has 0 spiro atoms. The zero-order valence-corrected chi connectivity index (χ0v) is 14.4. The summed E-state index contributed by atoms with van der Waals surface area (Å²) in [6.07, 6.45) is 6.21. The van der Waals surface area contributed by atoms with Crippen LogP contribution >= 0.6 is 28.3 Å². The van der Waals surface area contributed by atoms with E-state index >= 15 is 0 Å². The maximum absolute atomic E-state index is 12.3. The fourth-order valence-corrected chi connectivity index (χ4v) is 3.67. The summed E-state index contributed by atoms with van der Waals surface area (Å²) in [5.41, 5.74) is 1.10. The number of carbonyl (C=O) groups excluding carboxylic acids is 1. The molecule has 116 valence electrons. The normalized spacial score (nSPS) is 23.0. The van der Waals surface area contributed by atoms with Crippen LogP contribution in [0, 0.1) is 0 Å². The van der Waals surface area contributed by atoms with Crippen molar-refractivity contribution in [3.63, 3.8) is 0 Å². The molecule has 1 aliphatic carbocycles. The molecule has 2 aliphatic rings. The molecule has 2 fully saturated rings. The second-order valence-corrected chi connectivity index (χ2v) is 6.91. The van der Waals surface area contributed by atoms with Gasteiger partial charge >= 0.3 is 0 Å². The first-order valence-corrected chi connectivity index (χ1v) is 8.28. The Morgan fingerprint density at radius 1 is 1.38 bits per heavy atom. The molecular weight excluding hydrogens is 352 g/mol. The van der Waals surface area contributed by atoms with Gasteiger partial charge in [-0.05, 0) is 56.3 Å². The summed E-state index contributed by atoms with van der Waals surface area (Å²) in [6.45, 7) is 1.05. The number of rotatable bonds is 4. The fraction of sp³-hybridized carbons (Fsp3) is 0.562. The predicted octanol–water partition coefficient (Wildman–Crippen LogP) is 3.51. The second-order valence-electron chi connectivity index (χ2n) is 5.99. The summed E-state index contributed by atoms with van der Waals surface area (Å²) in [4.78, 5) is 12.3. The minimum Gasteiger partial charge on any atom is -0.347 e. The monoisotopic (exact) mass is 372 g/mol. The minimum atomic E-state index is -0.126. The van der Waals surface area contributed by atoms with Crippen LogP contribution in [0.2, 0.25) is 0 Å². The quantitative estimate of drug-likeness (QED) is 0.848. The van der Waals surface area contributed by atoms with Crippen molar-refractivity contribution in [2.24, 2.45) is 0 Å². The molecule has 1 aromatic rings. The smallest absolute Gasteiger partial charge is 0.222 e. The van der Waals surface area contributed by atoms with Gasteiger partial charge in [0.05, 0.1) is 5.54 Å². The van der Waals surface area contributed by atoms with Crippen molar-refractivity contribution in [3.8, 4) is 0 Å². The van der Waals surface area contributed by atoms with Gasteiger partial charge in [0.25, 0.3) is 0 Å². The van der Waals surface area contributed by atoms with Gasteiger partial charge in [-0.2, -0.15) is 0 Å². The van der Waals surface area contributed by atoms with Crippen LogP contribution in [-0.4, -0.2) is 18.5 Å². The molecule has 3 rings (SSSR count). The van der Waals surface area contributed by atoms with E-state index in [1.54, 1.807) is 0 Å². The first-order valence-electron chi connectivity index (χ1n) is 7.48. The highest BCUT2D eigenvalue weighted by atomic mass is 79.9. The van der Waals surface area contributed by atoms with Crippen LogP contribution in [-0.2, 0) is 10.3 Å². The van der Waals surface area contributed by atoms with Crippen molar-refractivity contribution in [3.05, 3.63) is 34.3 Å². The average molecular weight is 374 g/mol. The zero-order valence-electron chi connectivity index (χ0n) is 12.0. The summed E-state index contributed by atoms with van der Waals surface area (Å²) in [5, 5.41) is 6.69. The molecule has 2 N–H and O–H groups in total. The number of amides is 1. The Hall–Kier alpha value is -0.580. The molecule has 0 bridgehead atoms. The van der Waals surface area contributed by atoms with Crippen LogP contribution in [0.3, 0.4) is 0 Å². The molecule has 1 amide bonds. The van der Waals surface area contributed by atoms with E-state index in [2.05, 4.69) is 38.7 Å². The van der Waals surface area contributed by atoms with Gasteiger partial charge in [0, 0.05) is 16.9 Å². The Morgan fingerprint density at radius 2 is 2.19 bits per heavy atom. The van der Waals surface area contributed by atoms with Crippen LogP contribution in [0.1, 0.15) is 44.1 Å². The summed E-state index contributed by atoms with van der Waals surface area (Å²) >= 11 is 3.52. The third-order valence-corrected chi connectivity index (χ3v) is 5.05. The fourth-order valence-electron chi connectivity index (χ4n) is 3.27. The molecule has 1 saturated carbocycles. The molecule has 1 aliphatic heterocycles. The largest absolute Gasteiger partial charge is 0.347 e. The lowest BCUT2D eigenvalue weighted by molar-refractivity contribution is -0.124. The minimum absolute atomic E-state index is 0. The van der Waals surface area contributed by atoms with Crippen LogP contribution in [0.15, 0.2) is 28.7 Å². The lowest BCUT2D eigenvalue weighted by Gasteiger charge is -2.43. The van der Waals surface area contributed by atoms with Crippen molar-refractivity contribution in [1.29, 1.82) is 0 Å². The number of halogens is 2. The lowest BCUT2D eigenvalue weighted by atomic mass is 9.71. The SMILES string of the molecule is Cl.O=C(CC1CCCN1)NC1(c2cccc(Br)c2)CCC1. The molecule has 0 aromatic heterocycles. The Labute approximate surface area is 140 Å². The third-order valence-electron chi connectivity index (χ3n) is 4.56. The average Bonchev–Trinajstić information content (AvgIpc) is 2.86. The second kappa shape index (κ2) is 7.12. The van der Waals surface area contributed by atoms with Gasteiger partial charge in [-0.15, -0.1) is 12.4 Å². The van der Waals surface area contributed by atoms with Gasteiger partial charge in [0.15, 0.2) is 0 Å². The van der Waals surface area contributed by atoms with Gasteiger partial charge in [0.2, 0.25) is 5.91 Å². The Morgan fingerprint density at radius 3 is 2.76 bits per heavy atom. The van der Waals surface area contributed by atoms with E-state index in [0.29, 0.717) is 12.5 Å². The molecule has 1 aromatic carbocycles. The highest BCUT2D eigenvalue weighted by Crippen LogP contribution is 2.42. The molecule has 0 radical (unpaired) electrons. The number of hydrogen-bond donors (Lipinski definition) is 2. The zero-order chi connectivity index (χ0) is 14.0. The first kappa shape index (κ1) is 16.8. The van der Waals surface area contributed by atoms with Crippen LogP contribution in [0.4, 0.5) is 0 Å². The third kappa shape index (κ3) is 3.79. The highest BCUT2D eigenvalue weighted by Gasteiger charge is 2.40. The van der Waals surface area contributed by atoms with E-state index in [1.807, 2.05) is 12.1 Å². The molecule has 1 unspecified atom stereocenters. The highest BCUT2D eigenvalue weighted by molar-refractivity contribution is 9.10. The number of benzene rings is 1. The molecule has 1 atom stereocenters. The molecule has 21 heavy (non-hydrogen) atoms. The van der Waals surface area contributed by atoms with E-state index in [0.717, 1.165) is 30.3 Å². The van der Waals surface area contributed by atoms with Gasteiger partial charge < -0.3 is 10.6 Å². The van der Waals surface area contributed by atoms with Crippen molar-refractivity contribution < 1.29 is 4.79 Å². The topological polar surface area (TPSA) is 41.1 Å². The summed E-state index contributed by atoms with van der Waals surface area (Å²) in [6, 6.07) is 8.70.